The monoisotopic (exact) mass is 392 g/mol. The van der Waals surface area contributed by atoms with E-state index in [4.69, 9.17) is 9.47 Å². The van der Waals surface area contributed by atoms with Crippen molar-refractivity contribution in [2.75, 3.05) is 14.2 Å². The number of sulfonamides is 1. The van der Waals surface area contributed by atoms with Crippen molar-refractivity contribution in [1.29, 1.82) is 0 Å². The zero-order valence-corrected chi connectivity index (χ0v) is 17.3. The minimum atomic E-state index is -3.60. The Morgan fingerprint density at radius 3 is 2.22 bits per heavy atom. The third kappa shape index (κ3) is 5.95. The first kappa shape index (κ1) is 21.2. The quantitative estimate of drug-likeness (QED) is 0.722. The number of ether oxygens (including phenoxy) is 2. The third-order valence-corrected chi connectivity index (χ3v) is 5.68. The number of hydrogen-bond donors (Lipinski definition) is 2. The molecule has 0 unspecified atom stereocenters. The summed E-state index contributed by atoms with van der Waals surface area (Å²) in [5.74, 6) is 1.49. The van der Waals surface area contributed by atoms with E-state index in [1.807, 2.05) is 51.1 Å². The van der Waals surface area contributed by atoms with Crippen LogP contribution >= 0.6 is 0 Å². The van der Waals surface area contributed by atoms with Gasteiger partial charge in [0.1, 0.15) is 11.5 Å². The third-order valence-electron chi connectivity index (χ3n) is 3.82. The van der Waals surface area contributed by atoms with Crippen molar-refractivity contribution in [3.63, 3.8) is 0 Å². The molecular weight excluding hydrogens is 364 g/mol. The molecule has 27 heavy (non-hydrogen) atoms. The van der Waals surface area contributed by atoms with E-state index >= 15 is 0 Å². The van der Waals surface area contributed by atoms with Gasteiger partial charge in [-0.25, -0.2) is 13.1 Å². The molecule has 2 rings (SSSR count). The van der Waals surface area contributed by atoms with Gasteiger partial charge in [0.15, 0.2) is 0 Å². The van der Waals surface area contributed by atoms with Gasteiger partial charge in [0.25, 0.3) is 0 Å². The fourth-order valence-electron chi connectivity index (χ4n) is 2.72. The van der Waals surface area contributed by atoms with Crippen molar-refractivity contribution in [1.82, 2.24) is 10.0 Å². The number of rotatable bonds is 8. The summed E-state index contributed by atoms with van der Waals surface area (Å²) in [6.07, 6.45) is 0. The summed E-state index contributed by atoms with van der Waals surface area (Å²) in [5, 5.41) is 3.29. The van der Waals surface area contributed by atoms with Gasteiger partial charge in [-0.3, -0.25) is 0 Å². The predicted octanol–water partition coefficient (Wildman–Crippen LogP) is 3.07. The van der Waals surface area contributed by atoms with E-state index < -0.39 is 15.6 Å². The lowest BCUT2D eigenvalue weighted by molar-refractivity contribution is 0.397. The summed E-state index contributed by atoms with van der Waals surface area (Å²) in [5.41, 5.74) is 1.09. The summed E-state index contributed by atoms with van der Waals surface area (Å²) < 4.78 is 38.8. The average molecular weight is 393 g/mol. The number of benzene rings is 2. The molecule has 2 aromatic rings. The molecule has 2 aromatic carbocycles. The molecule has 0 aliphatic carbocycles. The van der Waals surface area contributed by atoms with E-state index in [-0.39, 0.29) is 4.90 Å². The molecule has 0 aliphatic heterocycles. The zero-order valence-electron chi connectivity index (χ0n) is 16.5. The second-order valence-corrected chi connectivity index (χ2v) is 8.90. The van der Waals surface area contributed by atoms with Crippen molar-refractivity contribution >= 4 is 10.0 Å². The highest BCUT2D eigenvalue weighted by Crippen LogP contribution is 2.24. The first-order valence-electron chi connectivity index (χ1n) is 8.70. The average Bonchev–Trinajstić information content (AvgIpc) is 2.60. The Balaban J connectivity index is 2.16. The maximum atomic E-state index is 12.7. The molecule has 0 amide bonds. The highest BCUT2D eigenvalue weighted by atomic mass is 32.2. The number of methoxy groups -OCH3 is 2. The molecule has 0 heterocycles. The molecule has 0 aromatic heterocycles. The Kier molecular flexibility index (Phi) is 6.86. The highest BCUT2D eigenvalue weighted by molar-refractivity contribution is 7.89. The van der Waals surface area contributed by atoms with Gasteiger partial charge < -0.3 is 14.8 Å². The van der Waals surface area contributed by atoms with Crippen molar-refractivity contribution in [2.45, 2.75) is 44.3 Å². The molecule has 0 spiro atoms. The van der Waals surface area contributed by atoms with Crippen molar-refractivity contribution in [3.8, 4) is 11.5 Å². The van der Waals surface area contributed by atoms with Gasteiger partial charge in [0, 0.05) is 24.2 Å². The van der Waals surface area contributed by atoms with Crippen LogP contribution in [0, 0.1) is 0 Å². The Hall–Kier alpha value is -2.09. The fourth-order valence-corrected chi connectivity index (χ4v) is 4.38. The van der Waals surface area contributed by atoms with Gasteiger partial charge in [-0.15, -0.1) is 0 Å². The molecule has 7 heteroatoms. The van der Waals surface area contributed by atoms with Crippen LogP contribution in [0.5, 0.6) is 11.5 Å². The Labute approximate surface area is 161 Å². The molecule has 6 nitrogen and oxygen atoms in total. The minimum absolute atomic E-state index is 0.282. The largest absolute Gasteiger partial charge is 0.497 e. The van der Waals surface area contributed by atoms with Crippen LogP contribution in [0.15, 0.2) is 47.4 Å². The van der Waals surface area contributed by atoms with Crippen molar-refractivity contribution < 1.29 is 17.9 Å². The first-order valence-corrected chi connectivity index (χ1v) is 10.2. The molecule has 0 bridgehead atoms. The van der Waals surface area contributed by atoms with Crippen LogP contribution in [-0.4, -0.2) is 28.2 Å². The summed E-state index contributed by atoms with van der Waals surface area (Å²) in [6.45, 7) is 6.38. The standard InChI is InChI=1S/C20H28N2O4S/c1-20(2,3)22-27(23,24)19-9-7-6-8-15(19)13-21-14-16-12-17(25-4)10-11-18(16)26-5/h6-12,21-22H,13-14H2,1-5H3. The van der Waals surface area contributed by atoms with Crippen LogP contribution < -0.4 is 19.5 Å². The maximum absolute atomic E-state index is 12.7. The molecule has 0 aliphatic rings. The van der Waals surface area contributed by atoms with Crippen LogP contribution in [0.25, 0.3) is 0 Å². The Bertz CT molecular complexity index is 874. The fraction of sp³-hybridized carbons (Fsp3) is 0.400. The minimum Gasteiger partial charge on any atom is -0.497 e. The number of hydrogen-bond acceptors (Lipinski definition) is 5. The van der Waals surface area contributed by atoms with E-state index in [1.165, 1.54) is 0 Å². The molecule has 2 N–H and O–H groups in total. The van der Waals surface area contributed by atoms with Crippen LogP contribution in [0.3, 0.4) is 0 Å². The summed E-state index contributed by atoms with van der Waals surface area (Å²) in [4.78, 5) is 0.282. The van der Waals surface area contributed by atoms with Crippen LogP contribution in [0.2, 0.25) is 0 Å². The Morgan fingerprint density at radius 1 is 0.926 bits per heavy atom. The summed E-state index contributed by atoms with van der Waals surface area (Å²) >= 11 is 0. The highest BCUT2D eigenvalue weighted by Gasteiger charge is 2.24. The molecule has 0 saturated carbocycles. The van der Waals surface area contributed by atoms with Crippen molar-refractivity contribution in [2.24, 2.45) is 0 Å². The Morgan fingerprint density at radius 2 is 1.59 bits per heavy atom. The van der Waals surface area contributed by atoms with Crippen LogP contribution in [0.1, 0.15) is 31.9 Å². The number of nitrogens with one attached hydrogen (secondary N) is 2. The molecule has 148 valence electrons. The van der Waals surface area contributed by atoms with Crippen LogP contribution in [-0.2, 0) is 23.1 Å². The summed E-state index contributed by atoms with van der Waals surface area (Å²) in [7, 11) is -0.372. The smallest absolute Gasteiger partial charge is 0.241 e. The van der Waals surface area contributed by atoms with E-state index in [0.29, 0.717) is 18.7 Å². The first-order chi connectivity index (χ1) is 12.7. The van der Waals surface area contributed by atoms with Gasteiger partial charge in [0.05, 0.1) is 19.1 Å². The van der Waals surface area contributed by atoms with Crippen LogP contribution in [0.4, 0.5) is 0 Å². The van der Waals surface area contributed by atoms with E-state index in [0.717, 1.165) is 17.1 Å². The van der Waals surface area contributed by atoms with Gasteiger partial charge in [-0.2, -0.15) is 0 Å². The van der Waals surface area contributed by atoms with Gasteiger partial charge in [-0.1, -0.05) is 18.2 Å². The van der Waals surface area contributed by atoms with E-state index in [9.17, 15) is 8.42 Å². The maximum Gasteiger partial charge on any atom is 0.241 e. The second kappa shape index (κ2) is 8.73. The van der Waals surface area contributed by atoms with Crippen molar-refractivity contribution in [3.05, 3.63) is 53.6 Å². The summed E-state index contributed by atoms with van der Waals surface area (Å²) in [6, 6.07) is 12.6. The van der Waals surface area contributed by atoms with E-state index in [2.05, 4.69) is 10.0 Å². The predicted molar refractivity (Wildman–Crippen MR) is 107 cm³/mol. The normalized spacial score (nSPS) is 12.0. The van der Waals surface area contributed by atoms with Gasteiger partial charge in [-0.05, 0) is 50.6 Å². The zero-order chi connectivity index (χ0) is 20.1. The molecular formula is C20H28N2O4S. The molecule has 0 atom stereocenters. The SMILES string of the molecule is COc1ccc(OC)c(CNCc2ccccc2S(=O)(=O)NC(C)(C)C)c1. The molecule has 0 radical (unpaired) electrons. The van der Waals surface area contributed by atoms with E-state index in [1.54, 1.807) is 26.4 Å². The lowest BCUT2D eigenvalue weighted by atomic mass is 10.1. The second-order valence-electron chi connectivity index (χ2n) is 7.24. The van der Waals surface area contributed by atoms with Gasteiger partial charge in [0.2, 0.25) is 10.0 Å². The molecule has 0 fully saturated rings. The topological polar surface area (TPSA) is 76.7 Å². The van der Waals surface area contributed by atoms with Gasteiger partial charge >= 0.3 is 0 Å². The lowest BCUT2D eigenvalue weighted by Gasteiger charge is -2.21. The lowest BCUT2D eigenvalue weighted by Crippen LogP contribution is -2.40. The molecule has 0 saturated heterocycles.